The van der Waals surface area contributed by atoms with E-state index in [2.05, 4.69) is 78.4 Å². The van der Waals surface area contributed by atoms with Crippen LogP contribution in [0.4, 0.5) is 17.5 Å². The lowest BCUT2D eigenvalue weighted by Crippen LogP contribution is -2.45. The summed E-state index contributed by atoms with van der Waals surface area (Å²) in [5.41, 5.74) is 2.75. The highest BCUT2D eigenvalue weighted by Gasteiger charge is 2.30. The van der Waals surface area contributed by atoms with Gasteiger partial charge in [0.1, 0.15) is 5.82 Å². The molecule has 1 fully saturated rings. The van der Waals surface area contributed by atoms with E-state index in [1.165, 1.54) is 0 Å². The summed E-state index contributed by atoms with van der Waals surface area (Å²) >= 11 is 6.17. The van der Waals surface area contributed by atoms with Crippen molar-refractivity contribution in [3.63, 3.8) is 0 Å². The van der Waals surface area contributed by atoms with Crippen LogP contribution in [0, 0.1) is 5.41 Å². The Morgan fingerprint density at radius 3 is 2.45 bits per heavy atom. The van der Waals surface area contributed by atoms with Crippen molar-refractivity contribution < 1.29 is 0 Å². The van der Waals surface area contributed by atoms with E-state index in [0.717, 1.165) is 78.4 Å². The molecule has 8 heteroatoms. The summed E-state index contributed by atoms with van der Waals surface area (Å²) in [7, 11) is 2.16. The van der Waals surface area contributed by atoms with Crippen LogP contribution in [0.2, 0.25) is 5.02 Å². The van der Waals surface area contributed by atoms with Gasteiger partial charge in [0.05, 0.1) is 11.0 Å². The van der Waals surface area contributed by atoms with E-state index in [-0.39, 0.29) is 11.0 Å². The van der Waals surface area contributed by atoms with E-state index in [9.17, 15) is 0 Å². The van der Waals surface area contributed by atoms with Gasteiger partial charge in [-0.3, -0.25) is 4.98 Å². The lowest BCUT2D eigenvalue weighted by atomic mass is 9.79. The SMILES string of the molecule is CN1CCN(c2nc(NC(C)(C)CC(C)(C)CNc3ccnc4cc(Cl)ccc34)c3ccccc3n2)CC1. The molecule has 38 heavy (non-hydrogen) atoms. The largest absolute Gasteiger partial charge is 0.384 e. The van der Waals surface area contributed by atoms with Crippen molar-refractivity contribution in [2.75, 3.05) is 55.3 Å². The number of anilines is 3. The number of para-hydroxylation sites is 1. The molecule has 1 saturated heterocycles. The number of halogens is 1. The highest BCUT2D eigenvalue weighted by atomic mass is 35.5. The minimum absolute atomic E-state index is 0.00162. The van der Waals surface area contributed by atoms with E-state index < -0.39 is 0 Å². The monoisotopic (exact) mass is 531 g/mol. The van der Waals surface area contributed by atoms with Gasteiger partial charge in [-0.25, -0.2) is 4.98 Å². The summed E-state index contributed by atoms with van der Waals surface area (Å²) in [6.45, 7) is 13.8. The van der Waals surface area contributed by atoms with Crippen LogP contribution in [-0.4, -0.2) is 65.2 Å². The van der Waals surface area contributed by atoms with Gasteiger partial charge in [0.25, 0.3) is 0 Å². The molecule has 0 unspecified atom stereocenters. The Labute approximate surface area is 230 Å². The zero-order valence-corrected chi connectivity index (χ0v) is 23.8. The second-order valence-corrected chi connectivity index (χ2v) is 12.3. The van der Waals surface area contributed by atoms with Crippen molar-refractivity contribution in [1.82, 2.24) is 19.9 Å². The van der Waals surface area contributed by atoms with Crippen LogP contribution in [0.3, 0.4) is 0 Å². The molecule has 4 aromatic rings. The van der Waals surface area contributed by atoms with Crippen molar-refractivity contribution in [2.45, 2.75) is 39.7 Å². The molecule has 1 aliphatic rings. The molecule has 1 aliphatic heterocycles. The minimum Gasteiger partial charge on any atom is -0.384 e. The third kappa shape index (κ3) is 6.11. The van der Waals surface area contributed by atoms with Gasteiger partial charge >= 0.3 is 0 Å². The topological polar surface area (TPSA) is 69.2 Å². The summed E-state index contributed by atoms with van der Waals surface area (Å²) in [5, 5.41) is 10.3. The molecule has 0 atom stereocenters. The molecule has 0 aliphatic carbocycles. The number of fused-ring (bicyclic) bond motifs is 2. The molecule has 0 spiro atoms. The van der Waals surface area contributed by atoms with Crippen LogP contribution < -0.4 is 15.5 Å². The number of hydrogen-bond acceptors (Lipinski definition) is 7. The highest BCUT2D eigenvalue weighted by molar-refractivity contribution is 6.31. The molecule has 5 rings (SSSR count). The minimum atomic E-state index is -0.199. The third-order valence-electron chi connectivity index (χ3n) is 7.22. The second kappa shape index (κ2) is 10.5. The molecule has 0 radical (unpaired) electrons. The van der Waals surface area contributed by atoms with Crippen molar-refractivity contribution >= 4 is 50.9 Å². The highest BCUT2D eigenvalue weighted by Crippen LogP contribution is 2.34. The number of likely N-dealkylation sites (N-methyl/N-ethyl adjacent to an activating group) is 1. The number of nitrogens with zero attached hydrogens (tertiary/aromatic N) is 5. The van der Waals surface area contributed by atoms with E-state index in [4.69, 9.17) is 21.6 Å². The lowest BCUT2D eigenvalue weighted by Gasteiger charge is -2.37. The summed E-state index contributed by atoms with van der Waals surface area (Å²) in [6, 6.07) is 16.2. The van der Waals surface area contributed by atoms with Crippen LogP contribution in [0.1, 0.15) is 34.1 Å². The van der Waals surface area contributed by atoms with Gasteiger partial charge in [-0.2, -0.15) is 4.98 Å². The maximum Gasteiger partial charge on any atom is 0.227 e. The van der Waals surface area contributed by atoms with E-state index in [0.29, 0.717) is 5.02 Å². The summed E-state index contributed by atoms with van der Waals surface area (Å²) in [6.07, 6.45) is 2.77. The van der Waals surface area contributed by atoms with Gasteiger partial charge in [-0.15, -0.1) is 0 Å². The fourth-order valence-electron chi connectivity index (χ4n) is 5.54. The quantitative estimate of drug-likeness (QED) is 0.276. The Kier molecular flexibility index (Phi) is 7.34. The Bertz CT molecular complexity index is 1430. The fraction of sp³-hybridized carbons (Fsp3) is 0.433. The van der Waals surface area contributed by atoms with Crippen molar-refractivity contribution in [1.29, 1.82) is 0 Å². The van der Waals surface area contributed by atoms with Crippen molar-refractivity contribution in [3.05, 3.63) is 59.8 Å². The molecule has 2 aromatic carbocycles. The molecule has 2 aromatic heterocycles. The van der Waals surface area contributed by atoms with Gasteiger partial charge in [0.2, 0.25) is 5.95 Å². The lowest BCUT2D eigenvalue weighted by molar-refractivity contribution is 0.289. The molecule has 7 nitrogen and oxygen atoms in total. The average molecular weight is 532 g/mol. The van der Waals surface area contributed by atoms with E-state index in [1.807, 2.05) is 36.5 Å². The standard InChI is InChI=1S/C30H38ClN7/c1-29(2,20-33-24-12-13-32-26-18-21(31)10-11-22(24)26)19-30(3,4)36-27-23-8-6-7-9-25(23)34-28(35-27)38-16-14-37(5)15-17-38/h6-13,18H,14-17,19-20H2,1-5H3,(H,32,33)(H,34,35,36). The van der Waals surface area contributed by atoms with Gasteiger partial charge in [0, 0.05) is 65.9 Å². The van der Waals surface area contributed by atoms with Gasteiger partial charge in [-0.05, 0) is 69.1 Å². The Morgan fingerprint density at radius 2 is 1.66 bits per heavy atom. The maximum absolute atomic E-state index is 6.17. The zero-order valence-electron chi connectivity index (χ0n) is 23.1. The smallest absolute Gasteiger partial charge is 0.227 e. The second-order valence-electron chi connectivity index (χ2n) is 11.9. The van der Waals surface area contributed by atoms with Crippen molar-refractivity contribution in [3.8, 4) is 0 Å². The predicted molar refractivity (Wildman–Crippen MR) is 161 cm³/mol. The first-order valence-electron chi connectivity index (χ1n) is 13.4. The molecular formula is C30H38ClN7. The molecule has 2 N–H and O–H groups in total. The number of benzene rings is 2. The molecule has 0 saturated carbocycles. The van der Waals surface area contributed by atoms with Crippen LogP contribution >= 0.6 is 11.6 Å². The first-order valence-corrected chi connectivity index (χ1v) is 13.7. The summed E-state index contributed by atoms with van der Waals surface area (Å²) in [5.74, 6) is 1.70. The number of piperazine rings is 1. The number of hydrogen-bond donors (Lipinski definition) is 2. The van der Waals surface area contributed by atoms with E-state index >= 15 is 0 Å². The Hall–Kier alpha value is -3.16. The number of pyridine rings is 1. The van der Waals surface area contributed by atoms with E-state index in [1.54, 1.807) is 0 Å². The van der Waals surface area contributed by atoms with Gasteiger partial charge < -0.3 is 20.4 Å². The third-order valence-corrected chi connectivity index (χ3v) is 7.45. The Morgan fingerprint density at radius 1 is 0.895 bits per heavy atom. The number of rotatable bonds is 8. The summed E-state index contributed by atoms with van der Waals surface area (Å²) in [4.78, 5) is 19.1. The van der Waals surface area contributed by atoms with Crippen LogP contribution in [0.5, 0.6) is 0 Å². The van der Waals surface area contributed by atoms with Crippen LogP contribution in [0.25, 0.3) is 21.8 Å². The number of aromatic nitrogens is 3. The molecule has 3 heterocycles. The Balaban J connectivity index is 1.33. The van der Waals surface area contributed by atoms with Crippen LogP contribution in [0.15, 0.2) is 54.7 Å². The molecular weight excluding hydrogens is 494 g/mol. The maximum atomic E-state index is 6.17. The zero-order chi connectivity index (χ0) is 26.9. The molecule has 0 amide bonds. The summed E-state index contributed by atoms with van der Waals surface area (Å²) < 4.78 is 0. The van der Waals surface area contributed by atoms with Crippen molar-refractivity contribution in [2.24, 2.45) is 5.41 Å². The predicted octanol–water partition coefficient (Wildman–Crippen LogP) is 6.30. The van der Waals surface area contributed by atoms with Crippen LogP contribution in [-0.2, 0) is 0 Å². The normalized spacial score (nSPS) is 15.3. The average Bonchev–Trinajstić information content (AvgIpc) is 2.86. The first kappa shape index (κ1) is 26.4. The van der Waals surface area contributed by atoms with Gasteiger partial charge in [-0.1, -0.05) is 37.6 Å². The molecule has 200 valence electrons. The first-order chi connectivity index (χ1) is 18.1. The number of nitrogens with one attached hydrogen (secondary N) is 2. The fourth-order valence-corrected chi connectivity index (χ4v) is 5.71. The van der Waals surface area contributed by atoms with Gasteiger partial charge in [0.15, 0.2) is 0 Å². The molecule has 0 bridgehead atoms.